The van der Waals surface area contributed by atoms with E-state index in [0.29, 0.717) is 24.5 Å². The third kappa shape index (κ3) is 5.13. The van der Waals surface area contributed by atoms with Gasteiger partial charge in [0, 0.05) is 42.9 Å². The second-order valence-corrected chi connectivity index (χ2v) is 7.35. The van der Waals surface area contributed by atoms with Gasteiger partial charge in [-0.05, 0) is 44.2 Å². The summed E-state index contributed by atoms with van der Waals surface area (Å²) in [4.78, 5) is 10.8. The lowest BCUT2D eigenvalue weighted by molar-refractivity contribution is 0.265. The maximum absolute atomic E-state index is 4.79. The summed E-state index contributed by atoms with van der Waals surface area (Å²) in [6.45, 7) is 12.7. The SMILES string of the molecule is CCNC(=NCc1cc2ccccc2[nH]1)NC1CN(C(C)C)CC1C.I. The van der Waals surface area contributed by atoms with Crippen LogP contribution in [0.5, 0.6) is 0 Å². The van der Waals surface area contributed by atoms with E-state index in [0.717, 1.165) is 31.3 Å². The molecular weight excluding hydrogens is 437 g/mol. The Morgan fingerprint density at radius 3 is 2.73 bits per heavy atom. The van der Waals surface area contributed by atoms with Crippen LogP contribution in [0.3, 0.4) is 0 Å². The van der Waals surface area contributed by atoms with Crippen molar-refractivity contribution in [3.8, 4) is 0 Å². The van der Waals surface area contributed by atoms with Crippen molar-refractivity contribution >= 4 is 40.8 Å². The fourth-order valence-corrected chi connectivity index (χ4v) is 3.49. The van der Waals surface area contributed by atoms with Crippen LogP contribution in [0.25, 0.3) is 10.9 Å². The highest BCUT2D eigenvalue weighted by molar-refractivity contribution is 14.0. The van der Waals surface area contributed by atoms with E-state index in [2.05, 4.69) is 78.5 Å². The van der Waals surface area contributed by atoms with Gasteiger partial charge in [0.15, 0.2) is 5.96 Å². The Morgan fingerprint density at radius 1 is 1.31 bits per heavy atom. The summed E-state index contributed by atoms with van der Waals surface area (Å²) in [5.41, 5.74) is 2.31. The van der Waals surface area contributed by atoms with Crippen LogP contribution in [0.15, 0.2) is 35.3 Å². The number of halogens is 1. The van der Waals surface area contributed by atoms with Crippen molar-refractivity contribution in [3.63, 3.8) is 0 Å². The van der Waals surface area contributed by atoms with E-state index in [1.807, 2.05) is 0 Å². The summed E-state index contributed by atoms with van der Waals surface area (Å²) in [6.07, 6.45) is 0. The van der Waals surface area contributed by atoms with Gasteiger partial charge in [0.05, 0.1) is 6.54 Å². The van der Waals surface area contributed by atoms with Gasteiger partial charge in [0.25, 0.3) is 0 Å². The van der Waals surface area contributed by atoms with Gasteiger partial charge in [0.2, 0.25) is 0 Å². The summed E-state index contributed by atoms with van der Waals surface area (Å²) in [5, 5.41) is 8.26. The fraction of sp³-hybridized carbons (Fsp3) is 0.550. The number of aliphatic imine (C=N–C) groups is 1. The van der Waals surface area contributed by atoms with Crippen LogP contribution in [0.1, 0.15) is 33.4 Å². The number of fused-ring (bicyclic) bond motifs is 1. The van der Waals surface area contributed by atoms with E-state index in [-0.39, 0.29) is 24.0 Å². The van der Waals surface area contributed by atoms with Crippen molar-refractivity contribution < 1.29 is 0 Å². The van der Waals surface area contributed by atoms with Gasteiger partial charge < -0.3 is 15.6 Å². The minimum absolute atomic E-state index is 0. The minimum atomic E-state index is 0. The molecule has 6 heteroatoms. The molecule has 1 fully saturated rings. The Morgan fingerprint density at radius 2 is 2.08 bits per heavy atom. The summed E-state index contributed by atoms with van der Waals surface area (Å²) in [5.74, 6) is 1.53. The Kier molecular flexibility index (Phi) is 7.76. The summed E-state index contributed by atoms with van der Waals surface area (Å²) in [7, 11) is 0. The zero-order valence-corrected chi connectivity index (χ0v) is 18.6. The van der Waals surface area contributed by atoms with Crippen LogP contribution >= 0.6 is 24.0 Å². The number of benzene rings is 1. The van der Waals surface area contributed by atoms with E-state index < -0.39 is 0 Å². The normalized spacial score (nSPS) is 21.2. The van der Waals surface area contributed by atoms with Gasteiger partial charge in [-0.3, -0.25) is 4.90 Å². The van der Waals surface area contributed by atoms with Gasteiger partial charge in [-0.15, -0.1) is 24.0 Å². The number of guanidine groups is 1. The van der Waals surface area contributed by atoms with Gasteiger partial charge >= 0.3 is 0 Å². The molecule has 1 aromatic carbocycles. The average Bonchev–Trinajstić information content (AvgIpc) is 3.16. The lowest BCUT2D eigenvalue weighted by atomic mass is 10.1. The first-order valence-electron chi connectivity index (χ1n) is 9.42. The number of nitrogens with zero attached hydrogens (tertiary/aromatic N) is 2. The van der Waals surface area contributed by atoms with Gasteiger partial charge in [-0.1, -0.05) is 25.1 Å². The number of likely N-dealkylation sites (tertiary alicyclic amines) is 1. The molecule has 2 unspecified atom stereocenters. The third-order valence-electron chi connectivity index (χ3n) is 5.03. The average molecular weight is 469 g/mol. The van der Waals surface area contributed by atoms with Crippen LogP contribution in [0, 0.1) is 5.92 Å². The van der Waals surface area contributed by atoms with E-state index in [1.54, 1.807) is 0 Å². The monoisotopic (exact) mass is 469 g/mol. The predicted molar refractivity (Wildman–Crippen MR) is 121 cm³/mol. The number of para-hydroxylation sites is 1. The van der Waals surface area contributed by atoms with Crippen molar-refractivity contribution in [2.24, 2.45) is 10.9 Å². The Labute approximate surface area is 174 Å². The molecule has 2 atom stereocenters. The first-order chi connectivity index (χ1) is 12.1. The fourth-order valence-electron chi connectivity index (χ4n) is 3.49. The summed E-state index contributed by atoms with van der Waals surface area (Å²) >= 11 is 0. The van der Waals surface area contributed by atoms with Gasteiger partial charge in [0.1, 0.15) is 0 Å². The quantitative estimate of drug-likeness (QED) is 0.357. The minimum Gasteiger partial charge on any atom is -0.357 e. The highest BCUT2D eigenvalue weighted by Crippen LogP contribution is 2.19. The smallest absolute Gasteiger partial charge is 0.191 e. The zero-order valence-electron chi connectivity index (χ0n) is 16.2. The molecule has 5 nitrogen and oxygen atoms in total. The van der Waals surface area contributed by atoms with Crippen LogP contribution in [0.4, 0.5) is 0 Å². The first kappa shape index (κ1) is 21.0. The number of aromatic nitrogens is 1. The Bertz CT molecular complexity index is 691. The molecule has 1 aromatic heterocycles. The number of aromatic amines is 1. The van der Waals surface area contributed by atoms with E-state index in [9.17, 15) is 0 Å². The number of hydrogen-bond acceptors (Lipinski definition) is 2. The summed E-state index contributed by atoms with van der Waals surface area (Å²) < 4.78 is 0. The van der Waals surface area contributed by atoms with Crippen LogP contribution in [-0.4, -0.2) is 47.6 Å². The number of H-pyrrole nitrogens is 1. The third-order valence-corrected chi connectivity index (χ3v) is 5.03. The van der Waals surface area contributed by atoms with Crippen molar-refractivity contribution in [3.05, 3.63) is 36.0 Å². The molecular formula is C20H32IN5. The number of hydrogen-bond donors (Lipinski definition) is 3. The molecule has 0 aliphatic carbocycles. The van der Waals surface area contributed by atoms with Gasteiger partial charge in [-0.25, -0.2) is 4.99 Å². The largest absolute Gasteiger partial charge is 0.357 e. The standard InChI is InChI=1S/C20H31N5.HI/c1-5-21-20(24-19-13-25(14(2)3)12-15(19)4)22-11-17-10-16-8-6-7-9-18(16)23-17;/h6-10,14-15,19,23H,5,11-13H2,1-4H3,(H2,21,22,24);1H. The maximum Gasteiger partial charge on any atom is 0.191 e. The highest BCUT2D eigenvalue weighted by Gasteiger charge is 2.31. The second-order valence-electron chi connectivity index (χ2n) is 7.35. The van der Waals surface area contributed by atoms with Crippen molar-refractivity contribution in [2.75, 3.05) is 19.6 Å². The van der Waals surface area contributed by atoms with Crippen LogP contribution < -0.4 is 10.6 Å². The molecule has 144 valence electrons. The van der Waals surface area contributed by atoms with E-state index in [4.69, 9.17) is 4.99 Å². The Balaban J connectivity index is 0.00000243. The molecule has 0 saturated carbocycles. The maximum atomic E-state index is 4.79. The summed E-state index contributed by atoms with van der Waals surface area (Å²) in [6, 6.07) is 11.6. The molecule has 1 saturated heterocycles. The topological polar surface area (TPSA) is 55.5 Å². The van der Waals surface area contributed by atoms with Crippen LogP contribution in [-0.2, 0) is 6.54 Å². The molecule has 3 N–H and O–H groups in total. The molecule has 2 aromatic rings. The lowest BCUT2D eigenvalue weighted by Gasteiger charge is -2.21. The van der Waals surface area contributed by atoms with Gasteiger partial charge in [-0.2, -0.15) is 0 Å². The number of rotatable bonds is 5. The van der Waals surface area contributed by atoms with Crippen molar-refractivity contribution in [2.45, 2.75) is 46.3 Å². The molecule has 0 bridgehead atoms. The van der Waals surface area contributed by atoms with E-state index in [1.165, 1.54) is 10.9 Å². The first-order valence-corrected chi connectivity index (χ1v) is 9.42. The molecule has 2 heterocycles. The molecule has 26 heavy (non-hydrogen) atoms. The van der Waals surface area contributed by atoms with Crippen molar-refractivity contribution in [1.29, 1.82) is 0 Å². The number of nitrogens with one attached hydrogen (secondary N) is 3. The van der Waals surface area contributed by atoms with Crippen LogP contribution in [0.2, 0.25) is 0 Å². The highest BCUT2D eigenvalue weighted by atomic mass is 127. The molecule has 3 rings (SSSR count). The predicted octanol–water partition coefficient (Wildman–Crippen LogP) is 3.57. The molecule has 1 aliphatic heterocycles. The van der Waals surface area contributed by atoms with E-state index >= 15 is 0 Å². The molecule has 1 aliphatic rings. The second kappa shape index (κ2) is 9.60. The lowest BCUT2D eigenvalue weighted by Crippen LogP contribution is -2.46. The molecule has 0 radical (unpaired) electrons. The molecule has 0 spiro atoms. The Hall–Kier alpha value is -1.28. The zero-order chi connectivity index (χ0) is 17.8. The molecule has 0 amide bonds. The van der Waals surface area contributed by atoms with Crippen molar-refractivity contribution in [1.82, 2.24) is 20.5 Å².